The molecule has 0 amide bonds. The highest BCUT2D eigenvalue weighted by Crippen LogP contribution is 2.46. The molecule has 1 aliphatic carbocycles. The molecule has 1 aromatic rings. The van der Waals surface area contributed by atoms with Crippen LogP contribution in [0.5, 0.6) is 0 Å². The maximum atomic E-state index is 3.77. The van der Waals surface area contributed by atoms with Crippen LogP contribution in [-0.4, -0.2) is 19.1 Å². The zero-order valence-electron chi connectivity index (χ0n) is 16.7. The van der Waals surface area contributed by atoms with Gasteiger partial charge >= 0.3 is 0 Å². The molecule has 0 radical (unpaired) electrons. The molecule has 138 valence electrons. The highest BCUT2D eigenvalue weighted by Gasteiger charge is 2.37. The minimum atomic E-state index is 0.253. The summed E-state index contributed by atoms with van der Waals surface area (Å²) in [7, 11) is 0. The summed E-state index contributed by atoms with van der Waals surface area (Å²) < 4.78 is 0. The summed E-state index contributed by atoms with van der Waals surface area (Å²) in [5, 5.41) is 7.18. The standard InChI is InChI=1S/C24H32N2/c1-23(2)12-13-24(3,4)20-16-18(8-9-19(20)23)22-7-5-6-21(26-22)17-10-14-25-15-11-17/h5-10,16,21,25-26H,11-15H2,1-4H3. The predicted octanol–water partition coefficient (Wildman–Crippen LogP) is 4.82. The Hall–Kier alpha value is -1.80. The molecule has 0 bridgehead atoms. The Morgan fingerprint density at radius 2 is 1.77 bits per heavy atom. The van der Waals surface area contributed by atoms with Crippen LogP contribution in [-0.2, 0) is 10.8 Å². The second-order valence-electron chi connectivity index (χ2n) is 9.35. The first-order chi connectivity index (χ1) is 12.4. The summed E-state index contributed by atoms with van der Waals surface area (Å²) in [6.45, 7) is 11.6. The molecule has 1 unspecified atom stereocenters. The van der Waals surface area contributed by atoms with E-state index in [4.69, 9.17) is 0 Å². The molecular formula is C24H32N2. The number of hydrogen-bond donors (Lipinski definition) is 2. The number of allylic oxidation sites excluding steroid dienone is 2. The highest BCUT2D eigenvalue weighted by molar-refractivity contribution is 5.69. The lowest BCUT2D eigenvalue weighted by Crippen LogP contribution is -2.35. The first kappa shape index (κ1) is 17.6. The molecule has 1 atom stereocenters. The van der Waals surface area contributed by atoms with E-state index < -0.39 is 0 Å². The van der Waals surface area contributed by atoms with Crippen LogP contribution in [0.3, 0.4) is 0 Å². The molecule has 2 heterocycles. The van der Waals surface area contributed by atoms with E-state index >= 15 is 0 Å². The van der Waals surface area contributed by atoms with Gasteiger partial charge in [-0.25, -0.2) is 0 Å². The molecule has 0 fully saturated rings. The van der Waals surface area contributed by atoms with Crippen LogP contribution in [0.2, 0.25) is 0 Å². The first-order valence-electron chi connectivity index (χ1n) is 10.1. The van der Waals surface area contributed by atoms with Gasteiger partial charge in [0.05, 0.1) is 6.04 Å². The summed E-state index contributed by atoms with van der Waals surface area (Å²) in [5.41, 5.74) is 7.66. The lowest BCUT2D eigenvalue weighted by atomic mass is 9.63. The van der Waals surface area contributed by atoms with Crippen molar-refractivity contribution in [2.24, 2.45) is 0 Å². The summed E-state index contributed by atoms with van der Waals surface area (Å²) in [5.74, 6) is 0. The number of hydrogen-bond acceptors (Lipinski definition) is 2. The second-order valence-corrected chi connectivity index (χ2v) is 9.35. The van der Waals surface area contributed by atoms with Crippen molar-refractivity contribution in [2.45, 2.75) is 63.8 Å². The van der Waals surface area contributed by atoms with Gasteiger partial charge in [0.1, 0.15) is 0 Å². The predicted molar refractivity (Wildman–Crippen MR) is 111 cm³/mol. The molecule has 0 aromatic heterocycles. The van der Waals surface area contributed by atoms with E-state index in [2.05, 4.69) is 80.8 Å². The third kappa shape index (κ3) is 3.16. The van der Waals surface area contributed by atoms with E-state index in [1.165, 1.54) is 40.8 Å². The summed E-state index contributed by atoms with van der Waals surface area (Å²) in [6, 6.07) is 7.47. The number of rotatable bonds is 2. The Morgan fingerprint density at radius 3 is 2.50 bits per heavy atom. The third-order valence-electron chi connectivity index (χ3n) is 6.54. The first-order valence-corrected chi connectivity index (χ1v) is 10.1. The Morgan fingerprint density at radius 1 is 1.00 bits per heavy atom. The van der Waals surface area contributed by atoms with E-state index in [1.54, 1.807) is 0 Å². The van der Waals surface area contributed by atoms with E-state index in [0.29, 0.717) is 6.04 Å². The van der Waals surface area contributed by atoms with Gasteiger partial charge in [-0.05, 0) is 71.0 Å². The summed E-state index contributed by atoms with van der Waals surface area (Å²) in [6.07, 6.45) is 12.7. The third-order valence-corrected chi connectivity index (χ3v) is 6.54. The maximum absolute atomic E-state index is 3.77. The fourth-order valence-corrected chi connectivity index (χ4v) is 4.60. The Kier molecular flexibility index (Phi) is 4.35. The van der Waals surface area contributed by atoms with Gasteiger partial charge in [-0.3, -0.25) is 0 Å². The Labute approximate surface area is 158 Å². The zero-order chi connectivity index (χ0) is 18.4. The normalized spacial score (nSPS) is 26.4. The lowest BCUT2D eigenvalue weighted by Gasteiger charge is -2.42. The minimum absolute atomic E-state index is 0.253. The van der Waals surface area contributed by atoms with E-state index in [9.17, 15) is 0 Å². The molecule has 26 heavy (non-hydrogen) atoms. The van der Waals surface area contributed by atoms with Gasteiger partial charge in [0, 0.05) is 12.2 Å². The van der Waals surface area contributed by atoms with Gasteiger partial charge in [-0.2, -0.15) is 0 Å². The van der Waals surface area contributed by atoms with Crippen LogP contribution >= 0.6 is 0 Å². The van der Waals surface area contributed by atoms with Crippen LogP contribution in [0.25, 0.3) is 5.70 Å². The topological polar surface area (TPSA) is 24.1 Å². The Bertz CT molecular complexity index is 792. The fraction of sp³-hybridized carbons (Fsp3) is 0.500. The van der Waals surface area contributed by atoms with Crippen molar-refractivity contribution in [3.63, 3.8) is 0 Å². The van der Waals surface area contributed by atoms with Crippen LogP contribution in [0.1, 0.15) is 63.6 Å². The smallest absolute Gasteiger partial charge is 0.0662 e. The fourth-order valence-electron chi connectivity index (χ4n) is 4.60. The van der Waals surface area contributed by atoms with Crippen molar-refractivity contribution >= 4 is 5.70 Å². The summed E-state index contributed by atoms with van der Waals surface area (Å²) >= 11 is 0. The van der Waals surface area contributed by atoms with Gasteiger partial charge in [0.2, 0.25) is 0 Å². The molecule has 0 saturated heterocycles. The van der Waals surface area contributed by atoms with Gasteiger partial charge < -0.3 is 10.6 Å². The molecular weight excluding hydrogens is 316 g/mol. The summed E-state index contributed by atoms with van der Waals surface area (Å²) in [4.78, 5) is 0. The van der Waals surface area contributed by atoms with Gasteiger partial charge in [0.25, 0.3) is 0 Å². The molecule has 0 spiro atoms. The molecule has 2 aliphatic heterocycles. The second kappa shape index (κ2) is 6.42. The van der Waals surface area contributed by atoms with Crippen LogP contribution < -0.4 is 10.6 Å². The number of dihydropyridines is 1. The molecule has 3 aliphatic rings. The van der Waals surface area contributed by atoms with Crippen LogP contribution in [0.4, 0.5) is 0 Å². The van der Waals surface area contributed by atoms with E-state index in [0.717, 1.165) is 19.5 Å². The molecule has 0 saturated carbocycles. The average Bonchev–Trinajstić information content (AvgIpc) is 2.66. The molecule has 1 aromatic carbocycles. The van der Waals surface area contributed by atoms with E-state index in [1.807, 2.05) is 0 Å². The molecule has 2 heteroatoms. The number of nitrogens with one attached hydrogen (secondary N) is 2. The SMILES string of the molecule is CC1(C)CCC(C)(C)c2cc(C3=CC=CC(C4=CCNCC4)N3)ccc21. The largest absolute Gasteiger partial charge is 0.375 e. The van der Waals surface area contributed by atoms with Gasteiger partial charge in [-0.15, -0.1) is 0 Å². The number of benzene rings is 1. The van der Waals surface area contributed by atoms with Crippen molar-refractivity contribution in [1.29, 1.82) is 0 Å². The minimum Gasteiger partial charge on any atom is -0.375 e. The monoisotopic (exact) mass is 348 g/mol. The van der Waals surface area contributed by atoms with Crippen molar-refractivity contribution < 1.29 is 0 Å². The molecule has 2 N–H and O–H groups in total. The van der Waals surface area contributed by atoms with Crippen LogP contribution in [0, 0.1) is 0 Å². The maximum Gasteiger partial charge on any atom is 0.0662 e. The lowest BCUT2D eigenvalue weighted by molar-refractivity contribution is 0.332. The van der Waals surface area contributed by atoms with E-state index in [-0.39, 0.29) is 10.8 Å². The number of fused-ring (bicyclic) bond motifs is 1. The highest BCUT2D eigenvalue weighted by atomic mass is 14.9. The van der Waals surface area contributed by atoms with Gasteiger partial charge in [0.15, 0.2) is 0 Å². The van der Waals surface area contributed by atoms with Crippen molar-refractivity contribution in [3.05, 3.63) is 64.8 Å². The Balaban J connectivity index is 1.66. The molecule has 2 nitrogen and oxygen atoms in total. The van der Waals surface area contributed by atoms with Crippen LogP contribution in [0.15, 0.2) is 48.1 Å². The molecule has 4 rings (SSSR count). The quantitative estimate of drug-likeness (QED) is 0.749. The average molecular weight is 349 g/mol. The van der Waals surface area contributed by atoms with Crippen molar-refractivity contribution in [3.8, 4) is 0 Å². The van der Waals surface area contributed by atoms with Gasteiger partial charge in [-0.1, -0.05) is 58.1 Å². The van der Waals surface area contributed by atoms with Crippen molar-refractivity contribution in [1.82, 2.24) is 10.6 Å². The zero-order valence-corrected chi connectivity index (χ0v) is 16.7. The van der Waals surface area contributed by atoms with Crippen molar-refractivity contribution in [2.75, 3.05) is 13.1 Å².